The van der Waals surface area contributed by atoms with Crippen molar-refractivity contribution < 1.29 is 9.21 Å². The minimum atomic E-state index is -0.518. The maximum Gasteiger partial charge on any atom is 0.240 e. The first-order valence-electron chi connectivity index (χ1n) is 8.11. The van der Waals surface area contributed by atoms with Crippen LogP contribution in [0.2, 0.25) is 0 Å². The highest BCUT2D eigenvalue weighted by atomic mass is 16.4. The fourth-order valence-corrected chi connectivity index (χ4v) is 2.84. The van der Waals surface area contributed by atoms with Gasteiger partial charge in [-0.05, 0) is 12.0 Å². The van der Waals surface area contributed by atoms with E-state index in [-0.39, 0.29) is 11.8 Å². The Morgan fingerprint density at radius 3 is 2.78 bits per heavy atom. The summed E-state index contributed by atoms with van der Waals surface area (Å²) in [5.41, 5.74) is 8.07. The second kappa shape index (κ2) is 6.54. The van der Waals surface area contributed by atoms with E-state index < -0.39 is 6.04 Å². The Kier molecular flexibility index (Phi) is 4.48. The summed E-state index contributed by atoms with van der Waals surface area (Å²) in [6, 6.07) is 9.35. The van der Waals surface area contributed by atoms with Gasteiger partial charge < -0.3 is 15.1 Å². The van der Waals surface area contributed by atoms with Crippen molar-refractivity contribution in [2.75, 3.05) is 6.54 Å². The molecule has 5 heteroatoms. The molecule has 1 aliphatic rings. The van der Waals surface area contributed by atoms with Crippen LogP contribution in [0.3, 0.4) is 0 Å². The van der Waals surface area contributed by atoms with Crippen LogP contribution < -0.4 is 5.73 Å². The lowest BCUT2D eigenvalue weighted by atomic mass is 10.0. The molecule has 0 saturated heterocycles. The molecule has 0 bridgehead atoms. The molecule has 5 nitrogen and oxygen atoms in total. The molecule has 2 aromatic rings. The summed E-state index contributed by atoms with van der Waals surface area (Å²) in [5.74, 6) is 1.89. The van der Waals surface area contributed by atoms with Crippen molar-refractivity contribution in [3.05, 3.63) is 53.2 Å². The molecule has 1 aliphatic heterocycles. The standard InChI is InChI=1S/C18H23N3O2/c1-12(2)17-20-15-11-21(9-8-16(15)23-17)18(22)14(19)10-13-6-4-3-5-7-13/h3-7,12,14H,8-11,19H2,1-2H3/t14-/m1/s1. The molecular formula is C18H23N3O2. The van der Waals surface area contributed by atoms with Crippen LogP contribution >= 0.6 is 0 Å². The molecule has 23 heavy (non-hydrogen) atoms. The number of benzene rings is 1. The average molecular weight is 313 g/mol. The number of hydrogen-bond donors (Lipinski definition) is 1. The minimum absolute atomic E-state index is 0.0198. The molecule has 2 N–H and O–H groups in total. The molecule has 3 rings (SSSR count). The number of carbonyl (C=O) groups is 1. The topological polar surface area (TPSA) is 72.4 Å². The third-order valence-corrected chi connectivity index (χ3v) is 4.17. The second-order valence-corrected chi connectivity index (χ2v) is 6.38. The van der Waals surface area contributed by atoms with Crippen LogP contribution in [0.5, 0.6) is 0 Å². The Morgan fingerprint density at radius 1 is 1.35 bits per heavy atom. The van der Waals surface area contributed by atoms with E-state index in [2.05, 4.69) is 18.8 Å². The van der Waals surface area contributed by atoms with E-state index in [9.17, 15) is 4.79 Å². The van der Waals surface area contributed by atoms with E-state index in [4.69, 9.17) is 10.2 Å². The predicted molar refractivity (Wildman–Crippen MR) is 87.8 cm³/mol. The van der Waals surface area contributed by atoms with Gasteiger partial charge in [-0.3, -0.25) is 4.79 Å². The van der Waals surface area contributed by atoms with Crippen molar-refractivity contribution in [2.24, 2.45) is 5.73 Å². The third kappa shape index (κ3) is 3.45. The second-order valence-electron chi connectivity index (χ2n) is 6.38. The van der Waals surface area contributed by atoms with E-state index >= 15 is 0 Å². The van der Waals surface area contributed by atoms with Gasteiger partial charge in [-0.1, -0.05) is 44.2 Å². The molecule has 0 fully saturated rings. The third-order valence-electron chi connectivity index (χ3n) is 4.17. The van der Waals surface area contributed by atoms with E-state index in [1.807, 2.05) is 30.3 Å². The monoisotopic (exact) mass is 313 g/mol. The molecule has 0 radical (unpaired) electrons. The lowest BCUT2D eigenvalue weighted by Gasteiger charge is -2.28. The van der Waals surface area contributed by atoms with E-state index in [0.717, 1.165) is 22.9 Å². The van der Waals surface area contributed by atoms with Gasteiger partial charge in [0.15, 0.2) is 5.89 Å². The lowest BCUT2D eigenvalue weighted by Crippen LogP contribution is -2.46. The summed E-state index contributed by atoms with van der Waals surface area (Å²) in [6.07, 6.45) is 1.26. The zero-order chi connectivity index (χ0) is 16.4. The number of rotatable bonds is 4. The minimum Gasteiger partial charge on any atom is -0.445 e. The van der Waals surface area contributed by atoms with Crippen LogP contribution in [-0.2, 0) is 24.2 Å². The van der Waals surface area contributed by atoms with Gasteiger partial charge in [-0.25, -0.2) is 4.98 Å². The largest absolute Gasteiger partial charge is 0.445 e. The van der Waals surface area contributed by atoms with Crippen LogP contribution in [0, 0.1) is 0 Å². The number of carbonyl (C=O) groups excluding carboxylic acids is 1. The summed E-state index contributed by atoms with van der Waals surface area (Å²) < 4.78 is 5.77. The van der Waals surface area contributed by atoms with Crippen LogP contribution in [0.25, 0.3) is 0 Å². The molecular weight excluding hydrogens is 290 g/mol. The smallest absolute Gasteiger partial charge is 0.240 e. The summed E-state index contributed by atoms with van der Waals surface area (Å²) in [4.78, 5) is 18.9. The lowest BCUT2D eigenvalue weighted by molar-refractivity contribution is -0.133. The van der Waals surface area contributed by atoms with Crippen molar-refractivity contribution in [1.82, 2.24) is 9.88 Å². The SMILES string of the molecule is CC(C)c1nc2c(o1)CCN(C(=O)[C@H](N)Cc1ccccc1)C2. The number of oxazole rings is 1. The summed E-state index contributed by atoms with van der Waals surface area (Å²) >= 11 is 0. The van der Waals surface area contributed by atoms with Crippen LogP contribution in [0.1, 0.15) is 42.7 Å². The van der Waals surface area contributed by atoms with Crippen LogP contribution in [0.15, 0.2) is 34.7 Å². The van der Waals surface area contributed by atoms with Gasteiger partial charge in [-0.15, -0.1) is 0 Å². The molecule has 1 atom stereocenters. The first-order chi connectivity index (χ1) is 11.0. The summed E-state index contributed by atoms with van der Waals surface area (Å²) in [5, 5.41) is 0. The highest BCUT2D eigenvalue weighted by molar-refractivity contribution is 5.82. The Bertz CT molecular complexity index is 679. The molecule has 0 spiro atoms. The average Bonchev–Trinajstić information content (AvgIpc) is 2.98. The summed E-state index contributed by atoms with van der Waals surface area (Å²) in [7, 11) is 0. The maximum absolute atomic E-state index is 12.6. The number of fused-ring (bicyclic) bond motifs is 1. The number of hydrogen-bond acceptors (Lipinski definition) is 4. The Morgan fingerprint density at radius 2 is 2.09 bits per heavy atom. The quantitative estimate of drug-likeness (QED) is 0.939. The normalized spacial score (nSPS) is 15.6. The van der Waals surface area contributed by atoms with Gasteiger partial charge in [-0.2, -0.15) is 0 Å². The predicted octanol–water partition coefficient (Wildman–Crippen LogP) is 2.25. The highest BCUT2D eigenvalue weighted by Crippen LogP contribution is 2.24. The van der Waals surface area contributed by atoms with Crippen LogP contribution in [-0.4, -0.2) is 28.4 Å². The zero-order valence-electron chi connectivity index (χ0n) is 13.7. The molecule has 0 aliphatic carbocycles. The van der Waals surface area contributed by atoms with Crippen molar-refractivity contribution in [3.8, 4) is 0 Å². The van der Waals surface area contributed by atoms with E-state index in [1.54, 1.807) is 4.90 Å². The maximum atomic E-state index is 12.6. The molecule has 2 heterocycles. The fourth-order valence-electron chi connectivity index (χ4n) is 2.84. The van der Waals surface area contributed by atoms with Crippen molar-refractivity contribution >= 4 is 5.91 Å². The number of nitrogens with zero attached hydrogens (tertiary/aromatic N) is 2. The summed E-state index contributed by atoms with van der Waals surface area (Å²) in [6.45, 7) is 5.24. The molecule has 1 amide bonds. The Labute approximate surface area is 136 Å². The Hall–Kier alpha value is -2.14. The van der Waals surface area contributed by atoms with Gasteiger partial charge in [0, 0.05) is 18.9 Å². The number of amides is 1. The molecule has 1 aromatic carbocycles. The number of nitrogens with two attached hydrogens (primary N) is 1. The molecule has 1 aromatic heterocycles. The van der Waals surface area contributed by atoms with E-state index in [0.29, 0.717) is 25.9 Å². The van der Waals surface area contributed by atoms with Crippen LogP contribution in [0.4, 0.5) is 0 Å². The van der Waals surface area contributed by atoms with Crippen molar-refractivity contribution in [2.45, 2.75) is 45.2 Å². The van der Waals surface area contributed by atoms with Gasteiger partial charge in [0.05, 0.1) is 12.6 Å². The molecule has 0 unspecified atom stereocenters. The van der Waals surface area contributed by atoms with Gasteiger partial charge in [0.25, 0.3) is 0 Å². The molecule has 0 saturated carbocycles. The first-order valence-corrected chi connectivity index (χ1v) is 8.11. The zero-order valence-corrected chi connectivity index (χ0v) is 13.7. The Balaban J connectivity index is 1.66. The van der Waals surface area contributed by atoms with Gasteiger partial charge in [0.1, 0.15) is 11.5 Å². The number of aromatic nitrogens is 1. The van der Waals surface area contributed by atoms with E-state index in [1.165, 1.54) is 0 Å². The highest BCUT2D eigenvalue weighted by Gasteiger charge is 2.28. The first kappa shape index (κ1) is 15.7. The molecule has 122 valence electrons. The van der Waals surface area contributed by atoms with Crippen molar-refractivity contribution in [1.29, 1.82) is 0 Å². The fraction of sp³-hybridized carbons (Fsp3) is 0.444. The van der Waals surface area contributed by atoms with Gasteiger partial charge in [0.2, 0.25) is 5.91 Å². The van der Waals surface area contributed by atoms with Gasteiger partial charge >= 0.3 is 0 Å². The van der Waals surface area contributed by atoms with Crippen molar-refractivity contribution in [3.63, 3.8) is 0 Å².